The van der Waals surface area contributed by atoms with E-state index in [1.54, 1.807) is 18.2 Å². The maximum Gasteiger partial charge on any atom is 0.308 e. The fourth-order valence-corrected chi connectivity index (χ4v) is 3.75. The van der Waals surface area contributed by atoms with E-state index in [1.807, 2.05) is 0 Å². The van der Waals surface area contributed by atoms with Crippen LogP contribution in [0.25, 0.3) is 21.3 Å². The molecule has 1 aliphatic rings. The molecule has 3 aromatic rings. The van der Waals surface area contributed by atoms with E-state index in [-0.39, 0.29) is 23.4 Å². The molecule has 2 nitrogen and oxygen atoms in total. The Balaban J connectivity index is 1.77. The Hall–Kier alpha value is -2.15. The van der Waals surface area contributed by atoms with Crippen molar-refractivity contribution in [1.29, 1.82) is 0 Å². The number of hydrogen-bond acceptors (Lipinski definition) is 2. The monoisotopic (exact) mass is 353 g/mol. The molecular formula is C17H11F4NOS. The highest BCUT2D eigenvalue weighted by Gasteiger charge is 2.56. The van der Waals surface area contributed by atoms with Crippen molar-refractivity contribution in [2.24, 2.45) is 5.92 Å². The highest BCUT2D eigenvalue weighted by Crippen LogP contribution is 2.49. The predicted molar refractivity (Wildman–Crippen MR) is 84.5 cm³/mol. The number of halogens is 4. The van der Waals surface area contributed by atoms with Gasteiger partial charge in [-0.2, -0.15) is 0 Å². The molecule has 1 aromatic heterocycles. The van der Waals surface area contributed by atoms with E-state index in [0.717, 1.165) is 29.5 Å². The molecule has 1 saturated carbocycles. The number of aromatic nitrogens is 1. The normalized spacial score (nSPS) is 18.9. The van der Waals surface area contributed by atoms with Crippen LogP contribution < -0.4 is 4.87 Å². The summed E-state index contributed by atoms with van der Waals surface area (Å²) in [6, 6.07) is 7.89. The Kier molecular flexibility index (Phi) is 3.32. The lowest BCUT2D eigenvalue weighted by molar-refractivity contribution is 0.0953. The van der Waals surface area contributed by atoms with E-state index >= 15 is 0 Å². The molecule has 1 heterocycles. The van der Waals surface area contributed by atoms with Crippen molar-refractivity contribution in [2.45, 2.75) is 18.9 Å². The topological polar surface area (TPSA) is 22.0 Å². The van der Waals surface area contributed by atoms with Crippen LogP contribution in [-0.2, 0) is 6.54 Å². The van der Waals surface area contributed by atoms with Gasteiger partial charge in [0.05, 0.1) is 10.2 Å². The molecule has 24 heavy (non-hydrogen) atoms. The van der Waals surface area contributed by atoms with Crippen molar-refractivity contribution in [3.8, 4) is 11.1 Å². The summed E-state index contributed by atoms with van der Waals surface area (Å²) in [6.45, 7) is -0.0283. The van der Waals surface area contributed by atoms with Crippen LogP contribution >= 0.6 is 11.3 Å². The van der Waals surface area contributed by atoms with Crippen LogP contribution in [0.5, 0.6) is 0 Å². The van der Waals surface area contributed by atoms with Crippen molar-refractivity contribution >= 4 is 21.6 Å². The van der Waals surface area contributed by atoms with E-state index in [2.05, 4.69) is 0 Å². The summed E-state index contributed by atoms with van der Waals surface area (Å²) in [5, 5.41) is 0. The fourth-order valence-electron chi connectivity index (χ4n) is 2.81. The molecule has 0 aliphatic heterocycles. The number of fused-ring (bicyclic) bond motifs is 1. The molecular weight excluding hydrogens is 342 g/mol. The lowest BCUT2D eigenvalue weighted by Crippen LogP contribution is -2.15. The summed E-state index contributed by atoms with van der Waals surface area (Å²) in [5.41, 5.74) is 1.07. The summed E-state index contributed by atoms with van der Waals surface area (Å²) in [4.78, 5) is 11.8. The van der Waals surface area contributed by atoms with Gasteiger partial charge in [0.25, 0.3) is 5.92 Å². The molecule has 0 spiro atoms. The molecule has 4 rings (SSSR count). The molecule has 1 aliphatic carbocycles. The zero-order valence-electron chi connectivity index (χ0n) is 12.2. The third-order valence-corrected chi connectivity index (χ3v) is 5.21. The van der Waals surface area contributed by atoms with Crippen LogP contribution in [0, 0.1) is 17.6 Å². The largest absolute Gasteiger partial charge is 0.308 e. The standard InChI is InChI=1S/C17H11F4NOS/c18-11-2-3-13(19)12(6-11)9-1-4-14-15(5-9)24-16(23)22(14)8-10-7-17(10,20)21/h1-6,10H,7-8H2. The molecule has 1 atom stereocenters. The molecule has 2 aromatic carbocycles. The van der Waals surface area contributed by atoms with Crippen LogP contribution in [0.3, 0.4) is 0 Å². The fraction of sp³-hybridized carbons (Fsp3) is 0.235. The number of alkyl halides is 2. The van der Waals surface area contributed by atoms with Crippen LogP contribution in [0.2, 0.25) is 0 Å². The first-order valence-corrected chi connectivity index (χ1v) is 8.13. The van der Waals surface area contributed by atoms with Crippen LogP contribution in [0.1, 0.15) is 6.42 Å². The first kappa shape index (κ1) is 15.4. The molecule has 7 heteroatoms. The lowest BCUT2D eigenvalue weighted by atomic mass is 10.0. The van der Waals surface area contributed by atoms with Gasteiger partial charge in [-0.3, -0.25) is 9.36 Å². The van der Waals surface area contributed by atoms with E-state index in [0.29, 0.717) is 15.8 Å². The first-order valence-electron chi connectivity index (χ1n) is 7.32. The number of rotatable bonds is 3. The molecule has 0 radical (unpaired) electrons. The smallest absolute Gasteiger partial charge is 0.298 e. The Morgan fingerprint density at radius 3 is 2.62 bits per heavy atom. The molecule has 1 unspecified atom stereocenters. The Bertz CT molecular complexity index is 1010. The minimum Gasteiger partial charge on any atom is -0.298 e. The molecule has 1 fully saturated rings. The second-order valence-electron chi connectivity index (χ2n) is 5.95. The van der Waals surface area contributed by atoms with Crippen LogP contribution in [0.4, 0.5) is 17.6 Å². The van der Waals surface area contributed by atoms with E-state index in [9.17, 15) is 22.4 Å². The average molecular weight is 353 g/mol. The highest BCUT2D eigenvalue weighted by molar-refractivity contribution is 7.16. The van der Waals surface area contributed by atoms with Crippen molar-refractivity contribution < 1.29 is 17.6 Å². The number of nitrogens with zero attached hydrogens (tertiary/aromatic N) is 1. The van der Waals surface area contributed by atoms with Gasteiger partial charge in [-0.15, -0.1) is 0 Å². The molecule has 0 saturated heterocycles. The van der Waals surface area contributed by atoms with E-state index in [4.69, 9.17) is 0 Å². The van der Waals surface area contributed by atoms with Gasteiger partial charge in [-0.05, 0) is 35.9 Å². The van der Waals surface area contributed by atoms with Gasteiger partial charge in [0, 0.05) is 24.4 Å². The Labute approximate surface area is 138 Å². The van der Waals surface area contributed by atoms with Crippen molar-refractivity contribution in [3.63, 3.8) is 0 Å². The van der Waals surface area contributed by atoms with Gasteiger partial charge in [0.1, 0.15) is 11.6 Å². The van der Waals surface area contributed by atoms with Crippen molar-refractivity contribution in [3.05, 3.63) is 57.7 Å². The summed E-state index contributed by atoms with van der Waals surface area (Å²) in [6.07, 6.45) is -0.205. The van der Waals surface area contributed by atoms with Gasteiger partial charge in [0.2, 0.25) is 0 Å². The van der Waals surface area contributed by atoms with Crippen molar-refractivity contribution in [2.75, 3.05) is 0 Å². The van der Waals surface area contributed by atoms with E-state index < -0.39 is 23.5 Å². The number of benzene rings is 2. The third kappa shape index (κ3) is 2.53. The summed E-state index contributed by atoms with van der Waals surface area (Å²) >= 11 is 0.914. The highest BCUT2D eigenvalue weighted by atomic mass is 32.1. The summed E-state index contributed by atoms with van der Waals surface area (Å²) in [7, 11) is 0. The second-order valence-corrected chi connectivity index (χ2v) is 6.94. The Morgan fingerprint density at radius 1 is 1.17 bits per heavy atom. The summed E-state index contributed by atoms with van der Waals surface area (Å²) < 4.78 is 55.3. The maximum absolute atomic E-state index is 13.9. The molecule has 0 amide bonds. The summed E-state index contributed by atoms with van der Waals surface area (Å²) in [5.74, 6) is -4.64. The number of hydrogen-bond donors (Lipinski definition) is 0. The second kappa shape index (κ2) is 5.17. The number of thiazole rings is 1. The third-order valence-electron chi connectivity index (χ3n) is 4.27. The molecule has 0 bridgehead atoms. The molecule has 0 N–H and O–H groups in total. The lowest BCUT2D eigenvalue weighted by Gasteiger charge is -2.06. The quantitative estimate of drug-likeness (QED) is 0.628. The van der Waals surface area contributed by atoms with Crippen molar-refractivity contribution in [1.82, 2.24) is 4.57 Å². The maximum atomic E-state index is 13.9. The van der Waals surface area contributed by atoms with Gasteiger partial charge in [-0.25, -0.2) is 17.6 Å². The Morgan fingerprint density at radius 2 is 1.92 bits per heavy atom. The van der Waals surface area contributed by atoms with Gasteiger partial charge >= 0.3 is 4.87 Å². The van der Waals surface area contributed by atoms with Crippen LogP contribution in [0.15, 0.2) is 41.2 Å². The van der Waals surface area contributed by atoms with Gasteiger partial charge in [-0.1, -0.05) is 17.4 Å². The van der Waals surface area contributed by atoms with Crippen LogP contribution in [-0.4, -0.2) is 10.5 Å². The van der Waals surface area contributed by atoms with Gasteiger partial charge in [0.15, 0.2) is 0 Å². The zero-order valence-corrected chi connectivity index (χ0v) is 13.0. The SMILES string of the molecule is O=c1sc2cc(-c3cc(F)ccc3F)ccc2n1CC1CC1(F)F. The molecule has 124 valence electrons. The van der Waals surface area contributed by atoms with E-state index in [1.165, 1.54) is 4.57 Å². The zero-order chi connectivity index (χ0) is 17.1. The van der Waals surface area contributed by atoms with Gasteiger partial charge < -0.3 is 0 Å². The average Bonchev–Trinajstić information content (AvgIpc) is 3.01. The minimum atomic E-state index is -2.70. The minimum absolute atomic E-state index is 0.0283. The predicted octanol–water partition coefficient (Wildman–Crippen LogP) is 4.66. The first-order chi connectivity index (χ1) is 11.3.